The normalized spacial score (nSPS) is 12.7. The van der Waals surface area contributed by atoms with Gasteiger partial charge >= 0.3 is 0 Å². The molecule has 0 amide bonds. The number of hydrogen-bond acceptors (Lipinski definition) is 4. The van der Waals surface area contributed by atoms with E-state index in [0.717, 1.165) is 11.1 Å². The van der Waals surface area contributed by atoms with Crippen molar-refractivity contribution in [2.45, 2.75) is 19.4 Å². The third-order valence-electron chi connectivity index (χ3n) is 2.25. The molecule has 0 aliphatic carbocycles. The number of aliphatic hydroxyl groups is 1. The van der Waals surface area contributed by atoms with Crippen molar-refractivity contribution in [1.82, 2.24) is 4.98 Å². The van der Waals surface area contributed by atoms with Crippen molar-refractivity contribution in [3.05, 3.63) is 29.6 Å². The molecule has 90 valence electrons. The molecule has 0 bridgehead atoms. The second kappa shape index (κ2) is 7.33. The summed E-state index contributed by atoms with van der Waals surface area (Å²) in [6, 6.07) is 1.94. The lowest BCUT2D eigenvalue weighted by molar-refractivity contribution is 0.0475. The molecule has 0 spiro atoms. The van der Waals surface area contributed by atoms with E-state index in [4.69, 9.17) is 9.47 Å². The number of pyridine rings is 1. The highest BCUT2D eigenvalue weighted by molar-refractivity contribution is 5.18. The van der Waals surface area contributed by atoms with Crippen molar-refractivity contribution in [3.63, 3.8) is 0 Å². The highest BCUT2D eigenvalue weighted by Gasteiger charge is 2.07. The molecule has 4 nitrogen and oxygen atoms in total. The van der Waals surface area contributed by atoms with Crippen LogP contribution in [-0.4, -0.2) is 37.0 Å². The van der Waals surface area contributed by atoms with Crippen LogP contribution >= 0.6 is 0 Å². The Morgan fingerprint density at radius 1 is 1.31 bits per heavy atom. The summed E-state index contributed by atoms with van der Waals surface area (Å²) in [6.45, 7) is 3.63. The van der Waals surface area contributed by atoms with Gasteiger partial charge in [-0.25, -0.2) is 0 Å². The fourth-order valence-electron chi connectivity index (χ4n) is 1.37. The van der Waals surface area contributed by atoms with E-state index in [1.807, 2.05) is 13.0 Å². The second-order valence-corrected chi connectivity index (χ2v) is 3.71. The molecule has 16 heavy (non-hydrogen) atoms. The van der Waals surface area contributed by atoms with Gasteiger partial charge in [-0.05, 0) is 18.1 Å². The van der Waals surface area contributed by atoms with Crippen molar-refractivity contribution in [2.24, 2.45) is 0 Å². The third-order valence-corrected chi connectivity index (χ3v) is 2.25. The molecule has 0 aliphatic heterocycles. The topological polar surface area (TPSA) is 51.6 Å². The van der Waals surface area contributed by atoms with Crippen LogP contribution in [0.15, 0.2) is 18.5 Å². The minimum atomic E-state index is -0.505. The lowest BCUT2D eigenvalue weighted by atomic mass is 10.1. The Morgan fingerprint density at radius 2 is 2.12 bits per heavy atom. The molecular weight excluding hydrogens is 206 g/mol. The van der Waals surface area contributed by atoms with Gasteiger partial charge in [0, 0.05) is 32.5 Å². The average Bonchev–Trinajstić information content (AvgIpc) is 2.28. The molecule has 1 heterocycles. The zero-order chi connectivity index (χ0) is 11.8. The Labute approximate surface area is 96.2 Å². The molecule has 0 saturated carbocycles. The number of nitrogens with zero attached hydrogens (tertiary/aromatic N) is 1. The van der Waals surface area contributed by atoms with Gasteiger partial charge in [-0.3, -0.25) is 4.98 Å². The number of methoxy groups -OCH3 is 1. The molecule has 0 aromatic carbocycles. The number of aryl methyl sites for hydroxylation is 1. The van der Waals surface area contributed by atoms with E-state index in [9.17, 15) is 5.11 Å². The fourth-order valence-corrected chi connectivity index (χ4v) is 1.37. The largest absolute Gasteiger partial charge is 0.388 e. The van der Waals surface area contributed by atoms with Crippen molar-refractivity contribution in [3.8, 4) is 0 Å². The van der Waals surface area contributed by atoms with Gasteiger partial charge in [0.2, 0.25) is 0 Å². The molecular formula is C12H19NO3. The number of ether oxygens (including phenoxy) is 2. The van der Waals surface area contributed by atoms with Crippen LogP contribution in [0.4, 0.5) is 0 Å². The Kier molecular flexibility index (Phi) is 6.00. The molecule has 0 aliphatic rings. The molecule has 1 aromatic rings. The fraction of sp³-hybridized carbons (Fsp3) is 0.583. The summed E-state index contributed by atoms with van der Waals surface area (Å²) in [4.78, 5) is 4.04. The van der Waals surface area contributed by atoms with Gasteiger partial charge in [-0.1, -0.05) is 6.07 Å². The summed E-state index contributed by atoms with van der Waals surface area (Å²) in [6.07, 6.45) is 3.53. The van der Waals surface area contributed by atoms with Crippen LogP contribution in [0.1, 0.15) is 23.7 Å². The predicted octanol–water partition coefficient (Wildman–Crippen LogP) is 1.48. The van der Waals surface area contributed by atoms with Gasteiger partial charge in [-0.15, -0.1) is 0 Å². The minimum absolute atomic E-state index is 0.505. The van der Waals surface area contributed by atoms with Gasteiger partial charge in [0.25, 0.3) is 0 Å². The van der Waals surface area contributed by atoms with Crippen molar-refractivity contribution < 1.29 is 14.6 Å². The van der Waals surface area contributed by atoms with Crippen molar-refractivity contribution in [1.29, 1.82) is 0 Å². The molecule has 1 N–H and O–H groups in total. The van der Waals surface area contributed by atoms with Crippen LogP contribution in [0.3, 0.4) is 0 Å². The van der Waals surface area contributed by atoms with Crippen molar-refractivity contribution >= 4 is 0 Å². The maximum Gasteiger partial charge on any atom is 0.0826 e. The Bertz CT molecular complexity index is 304. The predicted molar refractivity (Wildman–Crippen MR) is 61.2 cm³/mol. The van der Waals surface area contributed by atoms with Gasteiger partial charge in [0.05, 0.1) is 19.3 Å². The Hall–Kier alpha value is -0.970. The first-order valence-corrected chi connectivity index (χ1v) is 5.40. The molecule has 0 saturated heterocycles. The van der Waals surface area contributed by atoms with E-state index in [-0.39, 0.29) is 0 Å². The monoisotopic (exact) mass is 225 g/mol. The van der Waals surface area contributed by atoms with Crippen LogP contribution in [0.25, 0.3) is 0 Å². The standard InChI is InChI=1S/C12H19NO3/c1-10-7-11(9-13-8-10)12(14)3-4-16-6-5-15-2/h7-9,12,14H,3-6H2,1-2H3. The maximum absolute atomic E-state index is 9.85. The summed E-state index contributed by atoms with van der Waals surface area (Å²) in [5.41, 5.74) is 1.90. The lowest BCUT2D eigenvalue weighted by Crippen LogP contribution is -2.07. The highest BCUT2D eigenvalue weighted by Crippen LogP contribution is 2.16. The van der Waals surface area contributed by atoms with Crippen LogP contribution < -0.4 is 0 Å². The molecule has 1 rings (SSSR count). The Balaban J connectivity index is 2.27. The molecule has 4 heteroatoms. The van der Waals surface area contributed by atoms with Crippen LogP contribution in [-0.2, 0) is 9.47 Å². The molecule has 0 radical (unpaired) electrons. The summed E-state index contributed by atoms with van der Waals surface area (Å²) >= 11 is 0. The first-order chi connectivity index (χ1) is 7.74. The number of aliphatic hydroxyl groups excluding tert-OH is 1. The van der Waals surface area contributed by atoms with Crippen molar-refractivity contribution in [2.75, 3.05) is 26.9 Å². The van der Waals surface area contributed by atoms with Crippen LogP contribution in [0.5, 0.6) is 0 Å². The zero-order valence-electron chi connectivity index (χ0n) is 9.85. The number of aromatic nitrogens is 1. The van der Waals surface area contributed by atoms with E-state index in [2.05, 4.69) is 4.98 Å². The lowest BCUT2D eigenvalue weighted by Gasteiger charge is -2.11. The van der Waals surface area contributed by atoms with E-state index in [1.165, 1.54) is 0 Å². The molecule has 1 aromatic heterocycles. The van der Waals surface area contributed by atoms with Gasteiger partial charge in [0.15, 0.2) is 0 Å². The second-order valence-electron chi connectivity index (χ2n) is 3.71. The summed E-state index contributed by atoms with van der Waals surface area (Å²) in [7, 11) is 1.64. The Morgan fingerprint density at radius 3 is 2.81 bits per heavy atom. The van der Waals surface area contributed by atoms with Gasteiger partial charge in [-0.2, -0.15) is 0 Å². The summed E-state index contributed by atoms with van der Waals surface area (Å²) < 4.78 is 10.1. The van der Waals surface area contributed by atoms with Gasteiger partial charge < -0.3 is 14.6 Å². The molecule has 1 atom stereocenters. The van der Waals surface area contributed by atoms with E-state index >= 15 is 0 Å². The minimum Gasteiger partial charge on any atom is -0.388 e. The summed E-state index contributed by atoms with van der Waals surface area (Å²) in [5, 5.41) is 9.85. The third kappa shape index (κ3) is 4.70. The smallest absolute Gasteiger partial charge is 0.0826 e. The van der Waals surface area contributed by atoms with E-state index in [0.29, 0.717) is 26.2 Å². The SMILES string of the molecule is COCCOCCC(O)c1cncc(C)c1. The zero-order valence-corrected chi connectivity index (χ0v) is 9.85. The highest BCUT2D eigenvalue weighted by atomic mass is 16.5. The van der Waals surface area contributed by atoms with E-state index < -0.39 is 6.10 Å². The first kappa shape index (κ1) is 13.1. The first-order valence-electron chi connectivity index (χ1n) is 5.40. The van der Waals surface area contributed by atoms with Gasteiger partial charge in [0.1, 0.15) is 0 Å². The number of hydrogen-bond donors (Lipinski definition) is 1. The van der Waals surface area contributed by atoms with E-state index in [1.54, 1.807) is 19.5 Å². The molecule has 1 unspecified atom stereocenters. The quantitative estimate of drug-likeness (QED) is 0.714. The van der Waals surface area contributed by atoms with Crippen LogP contribution in [0, 0.1) is 6.92 Å². The number of rotatable bonds is 7. The summed E-state index contributed by atoms with van der Waals surface area (Å²) in [5.74, 6) is 0. The average molecular weight is 225 g/mol. The molecule has 0 fully saturated rings. The maximum atomic E-state index is 9.85. The van der Waals surface area contributed by atoms with Crippen LogP contribution in [0.2, 0.25) is 0 Å².